The SMILES string of the molecule is CC(C#N)S(=O)(=O)N1CCC(C(=O)O)c2ccccc21. The highest BCUT2D eigenvalue weighted by Gasteiger charge is 2.37. The fourth-order valence-electron chi connectivity index (χ4n) is 2.31. The van der Waals surface area contributed by atoms with Crippen molar-refractivity contribution >= 4 is 21.7 Å². The lowest BCUT2D eigenvalue weighted by Crippen LogP contribution is -2.42. The Bertz CT molecular complexity index is 678. The third kappa shape index (κ3) is 2.23. The van der Waals surface area contributed by atoms with Gasteiger partial charge >= 0.3 is 5.97 Å². The van der Waals surface area contributed by atoms with E-state index >= 15 is 0 Å². The van der Waals surface area contributed by atoms with Crippen LogP contribution in [0.2, 0.25) is 0 Å². The molecule has 0 radical (unpaired) electrons. The first-order valence-corrected chi connectivity index (χ1v) is 7.62. The van der Waals surface area contributed by atoms with Gasteiger partial charge in [0.2, 0.25) is 0 Å². The molecular weight excluding hydrogens is 280 g/mol. The number of anilines is 1. The van der Waals surface area contributed by atoms with Crippen molar-refractivity contribution in [2.45, 2.75) is 24.5 Å². The Morgan fingerprint density at radius 2 is 2.15 bits per heavy atom. The van der Waals surface area contributed by atoms with E-state index in [1.54, 1.807) is 30.3 Å². The van der Waals surface area contributed by atoms with E-state index in [4.69, 9.17) is 5.26 Å². The Kier molecular flexibility index (Phi) is 3.68. The van der Waals surface area contributed by atoms with Crippen LogP contribution in [0.3, 0.4) is 0 Å². The molecule has 2 rings (SSSR count). The summed E-state index contributed by atoms with van der Waals surface area (Å²) in [5.41, 5.74) is 0.827. The summed E-state index contributed by atoms with van der Waals surface area (Å²) < 4.78 is 25.8. The van der Waals surface area contributed by atoms with Crippen LogP contribution in [-0.4, -0.2) is 31.3 Å². The van der Waals surface area contributed by atoms with Gasteiger partial charge in [-0.25, -0.2) is 8.42 Å². The smallest absolute Gasteiger partial charge is 0.311 e. The standard InChI is InChI=1S/C13H14N2O4S/c1-9(8-14)20(18,19)15-7-6-11(13(16)17)10-4-2-3-5-12(10)15/h2-5,9,11H,6-7H2,1H3,(H,16,17). The fourth-order valence-corrected chi connectivity index (χ4v) is 3.63. The molecule has 1 heterocycles. The zero-order chi connectivity index (χ0) is 14.9. The van der Waals surface area contributed by atoms with Crippen LogP contribution in [0.1, 0.15) is 24.8 Å². The van der Waals surface area contributed by atoms with Gasteiger partial charge in [0.25, 0.3) is 10.0 Å². The second-order valence-corrected chi connectivity index (χ2v) is 6.80. The summed E-state index contributed by atoms with van der Waals surface area (Å²) in [6, 6.07) is 8.25. The predicted octanol–water partition coefficient (Wildman–Crippen LogP) is 1.31. The van der Waals surface area contributed by atoms with E-state index in [0.29, 0.717) is 11.3 Å². The number of fused-ring (bicyclic) bond motifs is 1. The van der Waals surface area contributed by atoms with Crippen LogP contribution in [0.15, 0.2) is 24.3 Å². The minimum atomic E-state index is -3.80. The maximum absolute atomic E-state index is 12.3. The van der Waals surface area contributed by atoms with Crippen molar-refractivity contribution in [2.75, 3.05) is 10.8 Å². The maximum atomic E-state index is 12.3. The topological polar surface area (TPSA) is 98.5 Å². The van der Waals surface area contributed by atoms with E-state index in [-0.39, 0.29) is 13.0 Å². The first kappa shape index (κ1) is 14.3. The number of nitriles is 1. The summed E-state index contributed by atoms with van der Waals surface area (Å²) >= 11 is 0. The molecule has 1 N–H and O–H groups in total. The molecule has 2 atom stereocenters. The van der Waals surface area contributed by atoms with Crippen molar-refractivity contribution in [1.82, 2.24) is 0 Å². The molecule has 6 nitrogen and oxygen atoms in total. The number of carboxylic acids is 1. The highest BCUT2D eigenvalue weighted by molar-refractivity contribution is 7.93. The molecule has 20 heavy (non-hydrogen) atoms. The Morgan fingerprint density at radius 3 is 2.75 bits per heavy atom. The monoisotopic (exact) mass is 294 g/mol. The van der Waals surface area contributed by atoms with Gasteiger partial charge in [-0.05, 0) is 25.0 Å². The molecule has 0 bridgehead atoms. The van der Waals surface area contributed by atoms with Crippen molar-refractivity contribution in [3.8, 4) is 6.07 Å². The normalized spacial score (nSPS) is 19.8. The number of hydrogen-bond acceptors (Lipinski definition) is 4. The van der Waals surface area contributed by atoms with Gasteiger partial charge in [-0.2, -0.15) is 5.26 Å². The fraction of sp³-hybridized carbons (Fsp3) is 0.385. The molecule has 0 spiro atoms. The van der Waals surface area contributed by atoms with E-state index in [1.807, 2.05) is 0 Å². The highest BCUT2D eigenvalue weighted by atomic mass is 32.2. The summed E-state index contributed by atoms with van der Waals surface area (Å²) in [5.74, 6) is -1.68. The quantitative estimate of drug-likeness (QED) is 0.906. The predicted molar refractivity (Wildman–Crippen MR) is 72.8 cm³/mol. The average molecular weight is 294 g/mol. The van der Waals surface area contributed by atoms with Crippen molar-refractivity contribution in [2.24, 2.45) is 0 Å². The van der Waals surface area contributed by atoms with Gasteiger partial charge in [0.1, 0.15) is 0 Å². The maximum Gasteiger partial charge on any atom is 0.311 e. The largest absolute Gasteiger partial charge is 0.481 e. The van der Waals surface area contributed by atoms with Gasteiger partial charge in [0.15, 0.2) is 5.25 Å². The van der Waals surface area contributed by atoms with Crippen LogP contribution in [0, 0.1) is 11.3 Å². The van der Waals surface area contributed by atoms with E-state index in [1.165, 1.54) is 6.92 Å². The third-order valence-corrected chi connectivity index (χ3v) is 5.43. The molecule has 1 aromatic carbocycles. The Balaban J connectivity index is 2.53. The first-order valence-electron chi connectivity index (χ1n) is 6.12. The number of benzene rings is 1. The Labute approximate surface area is 117 Å². The molecule has 1 aliphatic heterocycles. The van der Waals surface area contributed by atoms with Crippen LogP contribution in [-0.2, 0) is 14.8 Å². The van der Waals surface area contributed by atoms with Gasteiger partial charge in [0.05, 0.1) is 17.7 Å². The average Bonchev–Trinajstić information content (AvgIpc) is 2.44. The van der Waals surface area contributed by atoms with Crippen LogP contribution < -0.4 is 4.31 Å². The number of carboxylic acid groups (broad SMARTS) is 1. The molecule has 0 saturated carbocycles. The Hall–Kier alpha value is -2.07. The first-order chi connectivity index (χ1) is 9.39. The van der Waals surface area contributed by atoms with Gasteiger partial charge in [-0.15, -0.1) is 0 Å². The lowest BCUT2D eigenvalue weighted by Gasteiger charge is -2.33. The van der Waals surface area contributed by atoms with E-state index in [2.05, 4.69) is 0 Å². The van der Waals surface area contributed by atoms with Gasteiger partial charge in [-0.3, -0.25) is 9.10 Å². The van der Waals surface area contributed by atoms with Crippen molar-refractivity contribution < 1.29 is 18.3 Å². The molecule has 0 amide bonds. The van der Waals surface area contributed by atoms with Crippen LogP contribution in [0.5, 0.6) is 0 Å². The molecule has 1 aliphatic rings. The minimum Gasteiger partial charge on any atom is -0.481 e. The van der Waals surface area contributed by atoms with Gasteiger partial charge in [0, 0.05) is 6.54 Å². The molecule has 106 valence electrons. The van der Waals surface area contributed by atoms with E-state index in [0.717, 1.165) is 4.31 Å². The van der Waals surface area contributed by atoms with Gasteiger partial charge < -0.3 is 5.11 Å². The van der Waals surface area contributed by atoms with Gasteiger partial charge in [-0.1, -0.05) is 18.2 Å². The molecule has 0 fully saturated rings. The number of carbonyl (C=O) groups is 1. The van der Waals surface area contributed by atoms with E-state index < -0.39 is 27.2 Å². The molecule has 0 aliphatic carbocycles. The summed E-state index contributed by atoms with van der Waals surface area (Å²) in [4.78, 5) is 11.2. The number of rotatable bonds is 3. The number of aliphatic carboxylic acids is 1. The van der Waals surface area contributed by atoms with Crippen molar-refractivity contribution in [1.29, 1.82) is 5.26 Å². The number of hydrogen-bond donors (Lipinski definition) is 1. The number of para-hydroxylation sites is 1. The van der Waals surface area contributed by atoms with Crippen LogP contribution in [0.4, 0.5) is 5.69 Å². The van der Waals surface area contributed by atoms with Crippen molar-refractivity contribution in [3.05, 3.63) is 29.8 Å². The second-order valence-electron chi connectivity index (χ2n) is 4.63. The molecule has 7 heteroatoms. The molecular formula is C13H14N2O4S. The molecule has 0 saturated heterocycles. The zero-order valence-electron chi connectivity index (χ0n) is 10.9. The van der Waals surface area contributed by atoms with E-state index in [9.17, 15) is 18.3 Å². The second kappa shape index (κ2) is 5.13. The van der Waals surface area contributed by atoms with Crippen molar-refractivity contribution in [3.63, 3.8) is 0 Å². The van der Waals surface area contributed by atoms with Crippen LogP contribution >= 0.6 is 0 Å². The summed E-state index contributed by atoms with van der Waals surface area (Å²) in [5, 5.41) is 16.9. The molecule has 2 unspecified atom stereocenters. The number of nitrogens with zero attached hydrogens (tertiary/aromatic N) is 2. The lowest BCUT2D eigenvalue weighted by atomic mass is 9.91. The summed E-state index contributed by atoms with van der Waals surface area (Å²) in [7, 11) is -3.80. The number of sulfonamides is 1. The Morgan fingerprint density at radius 1 is 1.50 bits per heavy atom. The molecule has 1 aromatic rings. The minimum absolute atomic E-state index is 0.0718. The third-order valence-electron chi connectivity index (χ3n) is 3.44. The van der Waals surface area contributed by atoms with Crippen LogP contribution in [0.25, 0.3) is 0 Å². The zero-order valence-corrected chi connectivity index (χ0v) is 11.7. The highest BCUT2D eigenvalue weighted by Crippen LogP contribution is 2.37. The lowest BCUT2D eigenvalue weighted by molar-refractivity contribution is -0.139. The molecule has 0 aromatic heterocycles. The summed E-state index contributed by atoms with van der Waals surface area (Å²) in [6.07, 6.45) is 0.198. The summed E-state index contributed by atoms with van der Waals surface area (Å²) in [6.45, 7) is 1.39.